The molecular formula is C15H20ClFN4. The van der Waals surface area contributed by atoms with Gasteiger partial charge in [-0.3, -0.25) is 16.0 Å². The van der Waals surface area contributed by atoms with Crippen molar-refractivity contribution >= 4 is 11.6 Å². The number of nitrogens with one attached hydrogen (secondary N) is 1. The van der Waals surface area contributed by atoms with Crippen LogP contribution in [0.2, 0.25) is 5.02 Å². The third kappa shape index (κ3) is 3.81. The quantitative estimate of drug-likeness (QED) is 0.637. The zero-order valence-electron chi connectivity index (χ0n) is 12.2. The minimum Gasteiger partial charge on any atom is -0.271 e. The highest BCUT2D eigenvalue weighted by Gasteiger charge is 2.16. The Labute approximate surface area is 129 Å². The molecule has 0 radical (unpaired) electrons. The van der Waals surface area contributed by atoms with Gasteiger partial charge in [-0.2, -0.15) is 5.10 Å². The Morgan fingerprint density at radius 3 is 2.86 bits per heavy atom. The van der Waals surface area contributed by atoms with Crippen LogP contribution in [0.3, 0.4) is 0 Å². The number of aromatic nitrogens is 2. The van der Waals surface area contributed by atoms with Gasteiger partial charge in [-0.25, -0.2) is 4.39 Å². The average molecular weight is 311 g/mol. The van der Waals surface area contributed by atoms with E-state index in [0.29, 0.717) is 18.4 Å². The summed E-state index contributed by atoms with van der Waals surface area (Å²) < 4.78 is 15.9. The van der Waals surface area contributed by atoms with E-state index in [-0.39, 0.29) is 16.9 Å². The van der Waals surface area contributed by atoms with Crippen molar-refractivity contribution in [3.05, 3.63) is 52.1 Å². The topological polar surface area (TPSA) is 55.9 Å². The number of rotatable bonds is 6. The lowest BCUT2D eigenvalue weighted by Crippen LogP contribution is -2.39. The second-order valence-electron chi connectivity index (χ2n) is 5.08. The van der Waals surface area contributed by atoms with Crippen molar-refractivity contribution in [3.8, 4) is 0 Å². The Bertz CT molecular complexity index is 612. The largest absolute Gasteiger partial charge is 0.271 e. The standard InChI is InChI=1S/C15H20ClFN4/c1-3-21-13(7-10(2)20-21)9-12(19-18)8-11-5-4-6-14(16)15(11)17/h4-7,12,19H,3,8-9,18H2,1-2H3. The lowest BCUT2D eigenvalue weighted by molar-refractivity contribution is 0.485. The van der Waals surface area contributed by atoms with Crippen molar-refractivity contribution in [2.24, 2.45) is 5.84 Å². The third-order valence-corrected chi connectivity index (χ3v) is 3.77. The molecule has 0 aliphatic rings. The number of aryl methyl sites for hydroxylation is 2. The van der Waals surface area contributed by atoms with Crippen molar-refractivity contribution < 1.29 is 4.39 Å². The molecular weight excluding hydrogens is 291 g/mol. The molecule has 4 nitrogen and oxygen atoms in total. The van der Waals surface area contributed by atoms with Gasteiger partial charge in [0.05, 0.1) is 10.7 Å². The summed E-state index contributed by atoms with van der Waals surface area (Å²) in [6.07, 6.45) is 1.15. The summed E-state index contributed by atoms with van der Waals surface area (Å²) in [5, 5.41) is 4.54. The van der Waals surface area contributed by atoms with Crippen molar-refractivity contribution in [3.63, 3.8) is 0 Å². The van der Waals surface area contributed by atoms with Crippen LogP contribution >= 0.6 is 11.6 Å². The van der Waals surface area contributed by atoms with E-state index in [0.717, 1.165) is 17.9 Å². The molecule has 114 valence electrons. The Morgan fingerprint density at radius 2 is 2.19 bits per heavy atom. The van der Waals surface area contributed by atoms with Gasteiger partial charge in [0.2, 0.25) is 0 Å². The second-order valence-corrected chi connectivity index (χ2v) is 5.48. The predicted molar refractivity (Wildman–Crippen MR) is 82.6 cm³/mol. The number of hydrogen-bond acceptors (Lipinski definition) is 3. The SMILES string of the molecule is CCn1nc(C)cc1CC(Cc1cccc(Cl)c1F)NN. The van der Waals surface area contributed by atoms with Gasteiger partial charge in [0.1, 0.15) is 5.82 Å². The van der Waals surface area contributed by atoms with Crippen LogP contribution in [-0.4, -0.2) is 15.8 Å². The molecule has 0 fully saturated rings. The molecule has 2 rings (SSSR count). The summed E-state index contributed by atoms with van der Waals surface area (Å²) in [5.74, 6) is 5.24. The van der Waals surface area contributed by atoms with Crippen LogP contribution in [-0.2, 0) is 19.4 Å². The molecule has 0 saturated carbocycles. The van der Waals surface area contributed by atoms with Crippen LogP contribution in [0.1, 0.15) is 23.9 Å². The smallest absolute Gasteiger partial charge is 0.145 e. The summed E-state index contributed by atoms with van der Waals surface area (Å²) >= 11 is 5.81. The molecule has 2 aromatic rings. The predicted octanol–water partition coefficient (Wildman–Crippen LogP) is 2.62. The summed E-state index contributed by atoms with van der Waals surface area (Å²) in [6.45, 7) is 4.79. The maximum absolute atomic E-state index is 14.0. The fourth-order valence-electron chi connectivity index (χ4n) is 2.45. The molecule has 0 saturated heterocycles. The molecule has 0 amide bonds. The van der Waals surface area contributed by atoms with Gasteiger partial charge in [0, 0.05) is 24.7 Å². The highest BCUT2D eigenvalue weighted by molar-refractivity contribution is 6.30. The van der Waals surface area contributed by atoms with Gasteiger partial charge in [-0.05, 0) is 38.0 Å². The number of hydrogen-bond donors (Lipinski definition) is 2. The Morgan fingerprint density at radius 1 is 1.43 bits per heavy atom. The van der Waals surface area contributed by atoms with E-state index in [2.05, 4.69) is 10.5 Å². The maximum Gasteiger partial charge on any atom is 0.145 e. The van der Waals surface area contributed by atoms with E-state index in [1.165, 1.54) is 0 Å². The molecule has 1 unspecified atom stereocenters. The average Bonchev–Trinajstić information content (AvgIpc) is 2.82. The molecule has 6 heteroatoms. The minimum absolute atomic E-state index is 0.0839. The normalized spacial score (nSPS) is 12.6. The monoisotopic (exact) mass is 310 g/mol. The molecule has 0 aliphatic carbocycles. The molecule has 0 bridgehead atoms. The summed E-state index contributed by atoms with van der Waals surface area (Å²) in [5.41, 5.74) is 5.37. The number of halogens is 2. The lowest BCUT2D eigenvalue weighted by Gasteiger charge is -2.17. The van der Waals surface area contributed by atoms with E-state index in [9.17, 15) is 4.39 Å². The van der Waals surface area contributed by atoms with Crippen molar-refractivity contribution in [1.82, 2.24) is 15.2 Å². The summed E-state index contributed by atoms with van der Waals surface area (Å²) in [7, 11) is 0. The molecule has 0 aliphatic heterocycles. The zero-order chi connectivity index (χ0) is 15.4. The van der Waals surface area contributed by atoms with Gasteiger partial charge in [0.15, 0.2) is 0 Å². The molecule has 3 N–H and O–H groups in total. The molecule has 0 spiro atoms. The first-order valence-electron chi connectivity index (χ1n) is 6.97. The summed E-state index contributed by atoms with van der Waals surface area (Å²) in [6, 6.07) is 6.96. The van der Waals surface area contributed by atoms with Crippen LogP contribution < -0.4 is 11.3 Å². The van der Waals surface area contributed by atoms with E-state index >= 15 is 0 Å². The fourth-order valence-corrected chi connectivity index (χ4v) is 2.65. The van der Waals surface area contributed by atoms with Gasteiger partial charge >= 0.3 is 0 Å². The summed E-state index contributed by atoms with van der Waals surface area (Å²) in [4.78, 5) is 0. The van der Waals surface area contributed by atoms with Crippen LogP contribution in [0.15, 0.2) is 24.3 Å². The molecule has 1 aromatic carbocycles. The van der Waals surface area contributed by atoms with E-state index < -0.39 is 0 Å². The van der Waals surface area contributed by atoms with Gasteiger partial charge in [0.25, 0.3) is 0 Å². The number of nitrogens with two attached hydrogens (primary N) is 1. The lowest BCUT2D eigenvalue weighted by atomic mass is 10.0. The Balaban J connectivity index is 2.15. The highest BCUT2D eigenvalue weighted by atomic mass is 35.5. The van der Waals surface area contributed by atoms with Crippen LogP contribution in [0.4, 0.5) is 4.39 Å². The first-order chi connectivity index (χ1) is 10.0. The number of nitrogens with zero attached hydrogens (tertiary/aromatic N) is 2. The van der Waals surface area contributed by atoms with Crippen molar-refractivity contribution in [2.45, 2.75) is 39.3 Å². The zero-order valence-corrected chi connectivity index (χ0v) is 13.0. The van der Waals surface area contributed by atoms with E-state index in [4.69, 9.17) is 17.4 Å². The highest BCUT2D eigenvalue weighted by Crippen LogP contribution is 2.20. The number of benzene rings is 1. The van der Waals surface area contributed by atoms with Gasteiger partial charge in [-0.1, -0.05) is 23.7 Å². The van der Waals surface area contributed by atoms with Crippen LogP contribution in [0.5, 0.6) is 0 Å². The van der Waals surface area contributed by atoms with E-state index in [1.807, 2.05) is 24.6 Å². The third-order valence-electron chi connectivity index (χ3n) is 3.47. The van der Waals surface area contributed by atoms with E-state index in [1.54, 1.807) is 18.2 Å². The second kappa shape index (κ2) is 7.02. The maximum atomic E-state index is 14.0. The Kier molecular flexibility index (Phi) is 5.33. The van der Waals surface area contributed by atoms with Crippen molar-refractivity contribution in [2.75, 3.05) is 0 Å². The molecule has 1 aromatic heterocycles. The molecule has 1 heterocycles. The number of hydrazine groups is 1. The first-order valence-corrected chi connectivity index (χ1v) is 7.35. The van der Waals surface area contributed by atoms with Crippen LogP contribution in [0, 0.1) is 12.7 Å². The molecule has 21 heavy (non-hydrogen) atoms. The van der Waals surface area contributed by atoms with Gasteiger partial charge < -0.3 is 0 Å². The Hall–Kier alpha value is -1.43. The first kappa shape index (κ1) is 15.9. The van der Waals surface area contributed by atoms with Crippen LogP contribution in [0.25, 0.3) is 0 Å². The minimum atomic E-state index is -0.375. The fraction of sp³-hybridized carbons (Fsp3) is 0.400. The molecule has 1 atom stereocenters. The van der Waals surface area contributed by atoms with Gasteiger partial charge in [-0.15, -0.1) is 0 Å². The van der Waals surface area contributed by atoms with Crippen molar-refractivity contribution in [1.29, 1.82) is 0 Å².